The number of halogens is 1. The first-order valence-electron chi connectivity index (χ1n) is 4.13. The van der Waals surface area contributed by atoms with E-state index in [4.69, 9.17) is 11.6 Å². The number of hydrogen-bond donors (Lipinski definition) is 0. The summed E-state index contributed by atoms with van der Waals surface area (Å²) in [4.78, 5) is 25.3. The first kappa shape index (κ1) is 9.79. The van der Waals surface area contributed by atoms with E-state index < -0.39 is 4.92 Å². The molecule has 6 heteroatoms. The third kappa shape index (κ3) is 1.61. The summed E-state index contributed by atoms with van der Waals surface area (Å²) in [6.45, 7) is 0. The Morgan fingerprint density at radius 3 is 2.87 bits per heavy atom. The Kier molecular flexibility index (Phi) is 2.24. The van der Waals surface area contributed by atoms with Crippen LogP contribution in [-0.2, 0) is 0 Å². The zero-order valence-corrected chi connectivity index (χ0v) is 8.19. The van der Waals surface area contributed by atoms with E-state index in [0.29, 0.717) is 5.69 Å². The highest BCUT2D eigenvalue weighted by molar-refractivity contribution is 6.33. The lowest BCUT2D eigenvalue weighted by Crippen LogP contribution is -2.05. The second-order valence-electron chi connectivity index (χ2n) is 3.02. The van der Waals surface area contributed by atoms with Gasteiger partial charge in [-0.3, -0.25) is 19.9 Å². The van der Waals surface area contributed by atoms with Gasteiger partial charge >= 0.3 is 0 Å². The van der Waals surface area contributed by atoms with E-state index in [1.165, 1.54) is 18.3 Å². The lowest BCUT2D eigenvalue weighted by molar-refractivity contribution is -0.384. The van der Waals surface area contributed by atoms with Crippen molar-refractivity contribution in [1.29, 1.82) is 0 Å². The quantitative estimate of drug-likeness (QED) is 0.543. The summed E-state index contributed by atoms with van der Waals surface area (Å²) < 4.78 is 0. The molecule has 1 aromatic rings. The van der Waals surface area contributed by atoms with Gasteiger partial charge in [0.1, 0.15) is 5.02 Å². The molecule has 0 saturated heterocycles. The van der Waals surface area contributed by atoms with Gasteiger partial charge in [0.15, 0.2) is 5.78 Å². The topological polar surface area (TPSA) is 72.6 Å². The van der Waals surface area contributed by atoms with Crippen LogP contribution in [0.15, 0.2) is 17.1 Å². The van der Waals surface area contributed by atoms with Gasteiger partial charge in [0.2, 0.25) is 0 Å². The average molecular weight is 225 g/mol. The second kappa shape index (κ2) is 3.43. The summed E-state index contributed by atoms with van der Waals surface area (Å²) in [5.41, 5.74) is 0.385. The molecule has 0 atom stereocenters. The first-order valence-corrected chi connectivity index (χ1v) is 4.51. The van der Waals surface area contributed by atoms with Crippen LogP contribution in [-0.4, -0.2) is 16.9 Å². The Bertz CT molecular complexity index is 496. The third-order valence-electron chi connectivity index (χ3n) is 2.07. The Hall–Kier alpha value is -1.75. The Morgan fingerprint density at radius 2 is 2.20 bits per heavy atom. The van der Waals surface area contributed by atoms with Crippen molar-refractivity contribution < 1.29 is 9.72 Å². The standard InChI is InChI=1S/C9H5ClN2O3/c10-6-4-7-5(3-8(6)12(14)15)9(13)1-2-11-7/h2-4H,1H2. The molecule has 1 aromatic carbocycles. The Labute approximate surface area is 89.5 Å². The Balaban J connectivity index is 2.66. The number of benzene rings is 1. The van der Waals surface area contributed by atoms with Crippen LogP contribution in [0.1, 0.15) is 16.8 Å². The number of hydrogen-bond acceptors (Lipinski definition) is 4. The predicted molar refractivity (Wildman–Crippen MR) is 55.2 cm³/mol. The number of fused-ring (bicyclic) bond motifs is 1. The van der Waals surface area contributed by atoms with E-state index >= 15 is 0 Å². The largest absolute Gasteiger partial charge is 0.294 e. The molecule has 15 heavy (non-hydrogen) atoms. The van der Waals surface area contributed by atoms with Crippen LogP contribution >= 0.6 is 11.6 Å². The number of carbonyl (C=O) groups excluding carboxylic acids is 1. The molecule has 0 radical (unpaired) electrons. The molecule has 1 aliphatic heterocycles. The maximum Gasteiger partial charge on any atom is 0.288 e. The van der Waals surface area contributed by atoms with Crippen molar-refractivity contribution in [2.24, 2.45) is 4.99 Å². The zero-order chi connectivity index (χ0) is 11.0. The number of rotatable bonds is 1. The maximum atomic E-state index is 11.4. The number of ketones is 1. The summed E-state index contributed by atoms with van der Waals surface area (Å²) in [7, 11) is 0. The number of nitro benzene ring substituents is 1. The lowest BCUT2D eigenvalue weighted by atomic mass is 10.0. The van der Waals surface area contributed by atoms with Crippen LogP contribution in [0.5, 0.6) is 0 Å². The van der Waals surface area contributed by atoms with Gasteiger partial charge in [-0.15, -0.1) is 0 Å². The molecule has 1 heterocycles. The zero-order valence-electron chi connectivity index (χ0n) is 7.44. The van der Waals surface area contributed by atoms with Gasteiger partial charge in [-0.05, 0) is 6.07 Å². The molecule has 0 N–H and O–H groups in total. The summed E-state index contributed by atoms with van der Waals surface area (Å²) in [5.74, 6) is -0.181. The van der Waals surface area contributed by atoms with Crippen LogP contribution in [0.2, 0.25) is 5.02 Å². The van der Waals surface area contributed by atoms with Crippen molar-refractivity contribution in [2.45, 2.75) is 6.42 Å². The van der Waals surface area contributed by atoms with E-state index in [2.05, 4.69) is 4.99 Å². The molecule has 2 rings (SSSR count). The molecule has 0 spiro atoms. The summed E-state index contributed by atoms with van der Waals surface area (Å²) in [6, 6.07) is 2.51. The van der Waals surface area contributed by atoms with E-state index in [-0.39, 0.29) is 28.5 Å². The van der Waals surface area contributed by atoms with E-state index in [1.807, 2.05) is 0 Å². The molecular formula is C9H5ClN2O3. The van der Waals surface area contributed by atoms with Gasteiger partial charge in [0, 0.05) is 18.7 Å². The van der Waals surface area contributed by atoms with Crippen molar-refractivity contribution in [1.82, 2.24) is 0 Å². The molecule has 0 unspecified atom stereocenters. The van der Waals surface area contributed by atoms with Gasteiger partial charge in [-0.1, -0.05) is 11.6 Å². The lowest BCUT2D eigenvalue weighted by Gasteiger charge is -2.08. The summed E-state index contributed by atoms with van der Waals surface area (Å²) in [6.07, 6.45) is 1.64. The minimum atomic E-state index is -0.617. The normalized spacial score (nSPS) is 13.8. The van der Waals surface area contributed by atoms with Gasteiger partial charge in [-0.2, -0.15) is 0 Å². The number of nitro groups is 1. The molecule has 0 saturated carbocycles. The van der Waals surface area contributed by atoms with Gasteiger partial charge in [0.25, 0.3) is 5.69 Å². The molecule has 0 bridgehead atoms. The fraction of sp³-hybridized carbons (Fsp3) is 0.111. The first-order chi connectivity index (χ1) is 7.09. The van der Waals surface area contributed by atoms with Crippen molar-refractivity contribution in [3.8, 4) is 0 Å². The highest BCUT2D eigenvalue weighted by Gasteiger charge is 2.21. The monoisotopic (exact) mass is 224 g/mol. The summed E-state index contributed by atoms with van der Waals surface area (Å²) >= 11 is 5.68. The number of nitrogens with zero attached hydrogens (tertiary/aromatic N) is 2. The molecular weight excluding hydrogens is 220 g/mol. The highest BCUT2D eigenvalue weighted by Crippen LogP contribution is 2.34. The van der Waals surface area contributed by atoms with E-state index in [9.17, 15) is 14.9 Å². The highest BCUT2D eigenvalue weighted by atomic mass is 35.5. The van der Waals surface area contributed by atoms with E-state index in [0.717, 1.165) is 0 Å². The number of Topliss-reactive ketones (excluding diaryl/α,β-unsaturated/α-hetero) is 1. The molecule has 0 amide bonds. The van der Waals surface area contributed by atoms with Crippen molar-refractivity contribution >= 4 is 35.0 Å². The third-order valence-corrected chi connectivity index (χ3v) is 2.37. The fourth-order valence-electron chi connectivity index (χ4n) is 1.36. The SMILES string of the molecule is O=C1CC=Nc2cc(Cl)c([N+](=O)[O-])cc21. The average Bonchev–Trinajstić information content (AvgIpc) is 2.16. The minimum Gasteiger partial charge on any atom is -0.294 e. The molecule has 1 aliphatic rings. The minimum absolute atomic E-state index is 0.00870. The van der Waals surface area contributed by atoms with E-state index in [1.54, 1.807) is 0 Å². The smallest absolute Gasteiger partial charge is 0.288 e. The van der Waals surface area contributed by atoms with Crippen LogP contribution in [0.4, 0.5) is 11.4 Å². The predicted octanol–water partition coefficient (Wildman–Crippen LogP) is 2.54. The van der Waals surface area contributed by atoms with Crippen molar-refractivity contribution in [2.75, 3.05) is 0 Å². The van der Waals surface area contributed by atoms with Crippen molar-refractivity contribution in [3.05, 3.63) is 32.8 Å². The fourth-order valence-corrected chi connectivity index (χ4v) is 1.59. The molecule has 0 aromatic heterocycles. The maximum absolute atomic E-state index is 11.4. The van der Waals surface area contributed by atoms with Crippen LogP contribution in [0.3, 0.4) is 0 Å². The molecule has 0 fully saturated rings. The number of aliphatic imine (C=N–C) groups is 1. The van der Waals surface area contributed by atoms with Gasteiger partial charge < -0.3 is 0 Å². The van der Waals surface area contributed by atoms with Gasteiger partial charge in [0.05, 0.1) is 16.2 Å². The van der Waals surface area contributed by atoms with Crippen LogP contribution < -0.4 is 0 Å². The van der Waals surface area contributed by atoms with Gasteiger partial charge in [-0.25, -0.2) is 0 Å². The molecule has 5 nitrogen and oxygen atoms in total. The second-order valence-corrected chi connectivity index (χ2v) is 3.42. The van der Waals surface area contributed by atoms with Crippen molar-refractivity contribution in [3.63, 3.8) is 0 Å². The number of carbonyl (C=O) groups is 1. The molecule has 76 valence electrons. The Morgan fingerprint density at radius 1 is 1.47 bits per heavy atom. The van der Waals surface area contributed by atoms with Crippen LogP contribution in [0.25, 0.3) is 0 Å². The molecule has 0 aliphatic carbocycles. The van der Waals surface area contributed by atoms with Crippen LogP contribution in [0, 0.1) is 10.1 Å². The summed E-state index contributed by atoms with van der Waals surface area (Å²) in [5, 5.41) is 10.6.